The van der Waals surface area contributed by atoms with Crippen molar-refractivity contribution in [2.45, 2.75) is 26.7 Å². The Morgan fingerprint density at radius 3 is 2.61 bits per heavy atom. The molecule has 1 amide bonds. The summed E-state index contributed by atoms with van der Waals surface area (Å²) in [4.78, 5) is 36.3. The minimum Gasteiger partial charge on any atom is -0.383 e. The predicted octanol–water partition coefficient (Wildman–Crippen LogP) is 0.323. The molecule has 1 N–H and O–H groups in total. The number of hydrogen-bond donors (Lipinski definition) is 1. The van der Waals surface area contributed by atoms with E-state index in [-0.39, 0.29) is 17.6 Å². The third-order valence-electron chi connectivity index (χ3n) is 4.69. The van der Waals surface area contributed by atoms with Crippen molar-refractivity contribution in [3.8, 4) is 0 Å². The minimum absolute atomic E-state index is 0.293. The lowest BCUT2D eigenvalue weighted by Crippen LogP contribution is -2.51. The summed E-state index contributed by atoms with van der Waals surface area (Å²) in [6.07, 6.45) is 1.11. The van der Waals surface area contributed by atoms with E-state index in [1.807, 2.05) is 13.8 Å². The molecule has 0 saturated heterocycles. The van der Waals surface area contributed by atoms with Crippen molar-refractivity contribution < 1.29 is 19.1 Å². The zero-order valence-corrected chi connectivity index (χ0v) is 11.0. The van der Waals surface area contributed by atoms with Crippen LogP contribution in [0, 0.1) is 16.7 Å². The summed E-state index contributed by atoms with van der Waals surface area (Å²) in [7, 11) is 1.55. The molecule has 2 saturated carbocycles. The Balaban J connectivity index is 2.26. The van der Waals surface area contributed by atoms with Crippen molar-refractivity contribution in [3.05, 3.63) is 0 Å². The summed E-state index contributed by atoms with van der Waals surface area (Å²) in [5, 5.41) is 2.71. The molecule has 0 aromatic heterocycles. The molecule has 2 unspecified atom stereocenters. The second-order valence-corrected chi connectivity index (χ2v) is 5.66. The van der Waals surface area contributed by atoms with E-state index < -0.39 is 16.6 Å². The quantitative estimate of drug-likeness (QED) is 0.445. The average Bonchev–Trinajstić information content (AvgIpc) is 2.66. The van der Waals surface area contributed by atoms with Crippen molar-refractivity contribution in [2.24, 2.45) is 16.7 Å². The van der Waals surface area contributed by atoms with E-state index in [2.05, 4.69) is 5.32 Å². The monoisotopic (exact) mass is 253 g/mol. The number of Topliss-reactive ketones (excluding diaryl/α,β-unsaturated/α-hetero) is 2. The first-order chi connectivity index (χ1) is 8.39. The topological polar surface area (TPSA) is 72.5 Å². The number of fused-ring (bicyclic) bond motifs is 2. The van der Waals surface area contributed by atoms with Gasteiger partial charge < -0.3 is 10.1 Å². The maximum Gasteiger partial charge on any atom is 0.234 e. The summed E-state index contributed by atoms with van der Waals surface area (Å²) in [5.41, 5.74) is -1.72. The fourth-order valence-corrected chi connectivity index (χ4v) is 3.50. The van der Waals surface area contributed by atoms with Gasteiger partial charge in [0.15, 0.2) is 0 Å². The molecule has 2 rings (SSSR count). The molecular weight excluding hydrogens is 234 g/mol. The molecule has 0 radical (unpaired) electrons. The molecule has 0 aromatic rings. The maximum absolute atomic E-state index is 12.3. The van der Waals surface area contributed by atoms with Crippen LogP contribution in [0.3, 0.4) is 0 Å². The molecule has 2 aliphatic rings. The van der Waals surface area contributed by atoms with Gasteiger partial charge in [0.25, 0.3) is 0 Å². The zero-order valence-electron chi connectivity index (χ0n) is 11.0. The largest absolute Gasteiger partial charge is 0.383 e. The molecule has 0 heterocycles. The van der Waals surface area contributed by atoms with Crippen LogP contribution in [0.2, 0.25) is 0 Å². The van der Waals surface area contributed by atoms with Gasteiger partial charge in [0.05, 0.1) is 6.61 Å². The highest BCUT2D eigenvalue weighted by Crippen LogP contribution is 2.62. The van der Waals surface area contributed by atoms with Gasteiger partial charge >= 0.3 is 0 Å². The number of ketones is 2. The van der Waals surface area contributed by atoms with E-state index in [4.69, 9.17) is 4.74 Å². The van der Waals surface area contributed by atoms with E-state index in [1.165, 1.54) is 0 Å². The lowest BCUT2D eigenvalue weighted by molar-refractivity contribution is -0.149. The van der Waals surface area contributed by atoms with Crippen LogP contribution in [0.4, 0.5) is 0 Å². The molecule has 18 heavy (non-hydrogen) atoms. The summed E-state index contributed by atoms with van der Waals surface area (Å²) in [5.74, 6) is -1.48. The van der Waals surface area contributed by atoms with Gasteiger partial charge in [-0.05, 0) is 18.3 Å². The van der Waals surface area contributed by atoms with Gasteiger partial charge in [-0.3, -0.25) is 14.4 Å². The molecule has 2 bridgehead atoms. The molecule has 2 fully saturated rings. The number of hydrogen-bond acceptors (Lipinski definition) is 4. The normalized spacial score (nSPS) is 32.9. The molecule has 2 aliphatic carbocycles. The van der Waals surface area contributed by atoms with Crippen LogP contribution in [-0.4, -0.2) is 37.7 Å². The van der Waals surface area contributed by atoms with Crippen molar-refractivity contribution >= 4 is 17.5 Å². The summed E-state index contributed by atoms with van der Waals surface area (Å²) < 4.78 is 4.87. The highest BCUT2D eigenvalue weighted by molar-refractivity contribution is 6.47. The Labute approximate surface area is 106 Å². The Morgan fingerprint density at radius 2 is 2.11 bits per heavy atom. The standard InChI is InChI=1S/C13H19NO4/c1-12(2)8-4-5-13(12,10(16)9(8)15)11(17)14-6-7-18-3/h8H,4-7H2,1-3H3,(H,14,17). The SMILES string of the molecule is COCCNC(=O)C12CCC(C(=O)C1=O)C2(C)C. The van der Waals surface area contributed by atoms with Crippen LogP contribution in [0.25, 0.3) is 0 Å². The van der Waals surface area contributed by atoms with Crippen LogP contribution in [0.15, 0.2) is 0 Å². The molecule has 0 aliphatic heterocycles. The van der Waals surface area contributed by atoms with Gasteiger partial charge in [-0.15, -0.1) is 0 Å². The number of carbonyl (C=O) groups is 3. The Hall–Kier alpha value is -1.23. The van der Waals surface area contributed by atoms with E-state index in [1.54, 1.807) is 7.11 Å². The smallest absolute Gasteiger partial charge is 0.234 e. The van der Waals surface area contributed by atoms with E-state index in [0.717, 1.165) is 0 Å². The predicted molar refractivity (Wildman–Crippen MR) is 63.8 cm³/mol. The second kappa shape index (κ2) is 4.16. The summed E-state index contributed by atoms with van der Waals surface area (Å²) in [6, 6.07) is 0. The molecule has 5 nitrogen and oxygen atoms in total. The molecule has 0 aromatic carbocycles. The average molecular weight is 253 g/mol. The molecule has 5 heteroatoms. The number of ether oxygens (including phenoxy) is 1. The first kappa shape index (κ1) is 13.2. The lowest BCUT2D eigenvalue weighted by atomic mass is 9.68. The van der Waals surface area contributed by atoms with Crippen LogP contribution in [0.1, 0.15) is 26.7 Å². The first-order valence-corrected chi connectivity index (χ1v) is 6.25. The third kappa shape index (κ3) is 1.40. The summed E-state index contributed by atoms with van der Waals surface area (Å²) in [6.45, 7) is 4.46. The second-order valence-electron chi connectivity index (χ2n) is 5.66. The highest BCUT2D eigenvalue weighted by atomic mass is 16.5. The lowest BCUT2D eigenvalue weighted by Gasteiger charge is -2.33. The van der Waals surface area contributed by atoms with Crippen LogP contribution < -0.4 is 5.32 Å². The van der Waals surface area contributed by atoms with Crippen LogP contribution in [0.5, 0.6) is 0 Å². The van der Waals surface area contributed by atoms with Crippen molar-refractivity contribution in [1.82, 2.24) is 5.32 Å². The molecule has 100 valence electrons. The zero-order chi connectivity index (χ0) is 13.6. The fourth-order valence-electron chi connectivity index (χ4n) is 3.50. The van der Waals surface area contributed by atoms with E-state index in [9.17, 15) is 14.4 Å². The van der Waals surface area contributed by atoms with Gasteiger partial charge in [0.1, 0.15) is 5.41 Å². The van der Waals surface area contributed by atoms with Gasteiger partial charge in [0.2, 0.25) is 17.5 Å². The van der Waals surface area contributed by atoms with Gasteiger partial charge in [-0.2, -0.15) is 0 Å². The third-order valence-corrected chi connectivity index (χ3v) is 4.69. The van der Waals surface area contributed by atoms with Crippen LogP contribution >= 0.6 is 0 Å². The van der Waals surface area contributed by atoms with Gasteiger partial charge in [-0.25, -0.2) is 0 Å². The Kier molecular flexibility index (Phi) is 3.05. The minimum atomic E-state index is -1.15. The molecule has 2 atom stereocenters. The van der Waals surface area contributed by atoms with E-state index >= 15 is 0 Å². The first-order valence-electron chi connectivity index (χ1n) is 6.25. The van der Waals surface area contributed by atoms with Crippen LogP contribution in [-0.2, 0) is 19.1 Å². The number of amides is 1. The maximum atomic E-state index is 12.3. The highest BCUT2D eigenvalue weighted by Gasteiger charge is 2.72. The van der Waals surface area contributed by atoms with Crippen molar-refractivity contribution in [1.29, 1.82) is 0 Å². The summed E-state index contributed by atoms with van der Waals surface area (Å²) >= 11 is 0. The van der Waals surface area contributed by atoms with Gasteiger partial charge in [0, 0.05) is 19.6 Å². The van der Waals surface area contributed by atoms with Crippen molar-refractivity contribution in [3.63, 3.8) is 0 Å². The number of nitrogens with one attached hydrogen (secondary N) is 1. The van der Waals surface area contributed by atoms with E-state index in [0.29, 0.717) is 26.0 Å². The molecular formula is C13H19NO4. The Bertz CT molecular complexity index is 415. The van der Waals surface area contributed by atoms with Crippen molar-refractivity contribution in [2.75, 3.05) is 20.3 Å². The molecule has 0 spiro atoms. The van der Waals surface area contributed by atoms with Gasteiger partial charge in [-0.1, -0.05) is 13.8 Å². The number of methoxy groups -OCH3 is 1. The fraction of sp³-hybridized carbons (Fsp3) is 0.769. The number of carbonyl (C=O) groups excluding carboxylic acids is 3. The number of rotatable bonds is 4. The Morgan fingerprint density at radius 1 is 1.44 bits per heavy atom.